The van der Waals surface area contributed by atoms with Crippen LogP contribution in [0.1, 0.15) is 26.5 Å². The third-order valence-electron chi connectivity index (χ3n) is 1.96. The summed E-state index contributed by atoms with van der Waals surface area (Å²) in [6, 6.07) is 5.26. The smallest absolute Gasteiger partial charge is 0.143 e. The first kappa shape index (κ1) is 11.5. The second kappa shape index (κ2) is 3.88. The van der Waals surface area contributed by atoms with E-state index in [0.717, 1.165) is 10.6 Å². The number of carboxylic acid groups (broad SMARTS) is 1. The summed E-state index contributed by atoms with van der Waals surface area (Å²) in [5, 5.41) is 11.0. The number of aryl methyl sites for hydroxylation is 1. The highest BCUT2D eigenvalue weighted by molar-refractivity contribution is 5.84. The zero-order chi connectivity index (χ0) is 11.6. The van der Waals surface area contributed by atoms with Crippen LogP contribution in [0.25, 0.3) is 0 Å². The lowest BCUT2D eigenvalue weighted by molar-refractivity contribution is -0.247. The van der Waals surface area contributed by atoms with Gasteiger partial charge in [0.1, 0.15) is 11.9 Å². The minimum absolute atomic E-state index is 0.405. The molecular weight excluding hydrogens is 192 g/mol. The number of hydrogen-bond donors (Lipinski definition) is 0. The lowest BCUT2D eigenvalue weighted by Gasteiger charge is -2.36. The molecule has 0 aliphatic rings. The number of anilines is 1. The van der Waals surface area contributed by atoms with Gasteiger partial charge in [0, 0.05) is 11.2 Å². The standard InChI is InChI=1S/C11H16N2O2/c1-8-6-5-7-9(12-8)13(10(14)15)11(2,3)4/h5-7H,1-4H3,(H,14,15)/p-1. The summed E-state index contributed by atoms with van der Waals surface area (Å²) in [4.78, 5) is 16.4. The van der Waals surface area contributed by atoms with Crippen LogP contribution in [-0.2, 0) is 0 Å². The summed E-state index contributed by atoms with van der Waals surface area (Å²) < 4.78 is 0. The first-order chi connectivity index (χ1) is 6.82. The molecule has 4 heteroatoms. The molecule has 1 heterocycles. The van der Waals surface area contributed by atoms with E-state index in [1.54, 1.807) is 32.9 Å². The van der Waals surface area contributed by atoms with Crippen molar-refractivity contribution >= 4 is 11.9 Å². The van der Waals surface area contributed by atoms with E-state index in [4.69, 9.17) is 0 Å². The molecule has 0 spiro atoms. The molecule has 0 radical (unpaired) electrons. The normalized spacial score (nSPS) is 11.2. The van der Waals surface area contributed by atoms with Crippen molar-refractivity contribution in [2.45, 2.75) is 33.2 Å². The lowest BCUT2D eigenvalue weighted by Crippen LogP contribution is -2.52. The zero-order valence-corrected chi connectivity index (χ0v) is 9.44. The Hall–Kier alpha value is -1.58. The van der Waals surface area contributed by atoms with Crippen molar-refractivity contribution in [3.63, 3.8) is 0 Å². The fourth-order valence-electron chi connectivity index (χ4n) is 1.36. The lowest BCUT2D eigenvalue weighted by atomic mass is 10.1. The van der Waals surface area contributed by atoms with Crippen molar-refractivity contribution < 1.29 is 9.90 Å². The Morgan fingerprint density at radius 3 is 2.40 bits per heavy atom. The Balaban J connectivity index is 3.16. The van der Waals surface area contributed by atoms with Crippen LogP contribution in [0.2, 0.25) is 0 Å². The van der Waals surface area contributed by atoms with Gasteiger partial charge in [0.05, 0.1) is 0 Å². The number of pyridine rings is 1. The second-order valence-electron chi connectivity index (χ2n) is 4.41. The fourth-order valence-corrected chi connectivity index (χ4v) is 1.36. The maximum Gasteiger partial charge on any atom is 0.143 e. The molecule has 0 aliphatic heterocycles. The van der Waals surface area contributed by atoms with Gasteiger partial charge in [-0.05, 0) is 39.8 Å². The van der Waals surface area contributed by atoms with Crippen LogP contribution in [0.5, 0.6) is 0 Å². The minimum atomic E-state index is -1.24. The molecule has 0 N–H and O–H groups in total. The van der Waals surface area contributed by atoms with Gasteiger partial charge in [0.15, 0.2) is 0 Å². The molecule has 1 aromatic rings. The maximum absolute atomic E-state index is 11.0. The van der Waals surface area contributed by atoms with Crippen molar-refractivity contribution in [2.24, 2.45) is 0 Å². The predicted molar refractivity (Wildman–Crippen MR) is 56.6 cm³/mol. The third kappa shape index (κ3) is 2.68. The van der Waals surface area contributed by atoms with Gasteiger partial charge in [-0.25, -0.2) is 4.98 Å². The minimum Gasteiger partial charge on any atom is -0.530 e. The van der Waals surface area contributed by atoms with Gasteiger partial charge in [0.25, 0.3) is 0 Å². The quantitative estimate of drug-likeness (QED) is 0.698. The molecule has 1 aromatic heterocycles. The first-order valence-electron chi connectivity index (χ1n) is 4.77. The first-order valence-corrected chi connectivity index (χ1v) is 4.77. The molecule has 0 saturated heterocycles. The molecule has 1 amide bonds. The second-order valence-corrected chi connectivity index (χ2v) is 4.41. The Morgan fingerprint density at radius 2 is 2.00 bits per heavy atom. The number of amides is 1. The number of nitrogens with zero attached hydrogens (tertiary/aromatic N) is 2. The largest absolute Gasteiger partial charge is 0.530 e. The Morgan fingerprint density at radius 1 is 1.40 bits per heavy atom. The van der Waals surface area contributed by atoms with Crippen LogP contribution >= 0.6 is 0 Å². The summed E-state index contributed by atoms with van der Waals surface area (Å²) in [6.45, 7) is 7.21. The summed E-state index contributed by atoms with van der Waals surface area (Å²) in [5.41, 5.74) is 0.225. The monoisotopic (exact) mass is 207 g/mol. The van der Waals surface area contributed by atoms with Gasteiger partial charge in [0.2, 0.25) is 0 Å². The van der Waals surface area contributed by atoms with Gasteiger partial charge in [-0.15, -0.1) is 0 Å². The van der Waals surface area contributed by atoms with E-state index in [1.807, 2.05) is 13.0 Å². The highest BCUT2D eigenvalue weighted by Crippen LogP contribution is 2.21. The van der Waals surface area contributed by atoms with Crippen molar-refractivity contribution in [3.8, 4) is 0 Å². The van der Waals surface area contributed by atoms with Crippen LogP contribution < -0.4 is 10.0 Å². The predicted octanol–water partition coefficient (Wildman–Crippen LogP) is 1.34. The van der Waals surface area contributed by atoms with Crippen LogP contribution in [0, 0.1) is 6.92 Å². The third-order valence-corrected chi connectivity index (χ3v) is 1.96. The molecular formula is C11H15N2O2-. The molecule has 0 fully saturated rings. The topological polar surface area (TPSA) is 56.3 Å². The number of carbonyl (C=O) groups excluding carboxylic acids is 1. The van der Waals surface area contributed by atoms with Crippen molar-refractivity contribution in [2.75, 3.05) is 4.90 Å². The van der Waals surface area contributed by atoms with Crippen LogP contribution in [0.3, 0.4) is 0 Å². The summed E-state index contributed by atoms with van der Waals surface area (Å²) in [7, 11) is 0. The van der Waals surface area contributed by atoms with E-state index in [1.165, 1.54) is 0 Å². The zero-order valence-electron chi connectivity index (χ0n) is 9.44. The van der Waals surface area contributed by atoms with E-state index in [2.05, 4.69) is 4.98 Å². The Labute approximate surface area is 89.6 Å². The van der Waals surface area contributed by atoms with Gasteiger partial charge >= 0.3 is 0 Å². The molecule has 0 saturated carbocycles. The molecule has 0 bridgehead atoms. The van der Waals surface area contributed by atoms with Gasteiger partial charge in [-0.3, -0.25) is 0 Å². The SMILES string of the molecule is Cc1cccc(N(C(=O)[O-])C(C)(C)C)n1. The number of hydrogen-bond acceptors (Lipinski definition) is 3. The Bertz CT molecular complexity index is 369. The van der Waals surface area contributed by atoms with E-state index < -0.39 is 11.6 Å². The van der Waals surface area contributed by atoms with Gasteiger partial charge < -0.3 is 14.8 Å². The van der Waals surface area contributed by atoms with Gasteiger partial charge in [-0.1, -0.05) is 6.07 Å². The average molecular weight is 207 g/mol. The summed E-state index contributed by atoms with van der Waals surface area (Å²) in [6.07, 6.45) is -1.24. The number of carbonyl (C=O) groups is 1. The van der Waals surface area contributed by atoms with Crippen LogP contribution in [0.15, 0.2) is 18.2 Å². The molecule has 4 nitrogen and oxygen atoms in total. The summed E-state index contributed by atoms with van der Waals surface area (Å²) in [5.74, 6) is 0.405. The highest BCUT2D eigenvalue weighted by atomic mass is 16.4. The van der Waals surface area contributed by atoms with E-state index >= 15 is 0 Å². The molecule has 0 aliphatic carbocycles. The van der Waals surface area contributed by atoms with E-state index in [0.29, 0.717) is 5.82 Å². The van der Waals surface area contributed by atoms with Crippen LogP contribution in [-0.4, -0.2) is 16.6 Å². The fraction of sp³-hybridized carbons (Fsp3) is 0.455. The van der Waals surface area contributed by atoms with Crippen molar-refractivity contribution in [3.05, 3.63) is 23.9 Å². The van der Waals surface area contributed by atoms with Crippen molar-refractivity contribution in [1.29, 1.82) is 0 Å². The van der Waals surface area contributed by atoms with Crippen LogP contribution in [0.4, 0.5) is 10.6 Å². The molecule has 0 aromatic carbocycles. The number of rotatable bonds is 1. The van der Waals surface area contributed by atoms with Crippen molar-refractivity contribution in [1.82, 2.24) is 4.98 Å². The molecule has 1 rings (SSSR count). The molecule has 0 unspecified atom stereocenters. The highest BCUT2D eigenvalue weighted by Gasteiger charge is 2.23. The summed E-state index contributed by atoms with van der Waals surface area (Å²) >= 11 is 0. The van der Waals surface area contributed by atoms with E-state index in [9.17, 15) is 9.90 Å². The van der Waals surface area contributed by atoms with E-state index in [-0.39, 0.29) is 0 Å². The average Bonchev–Trinajstić information content (AvgIpc) is 1.99. The maximum atomic E-state index is 11.0. The molecule has 15 heavy (non-hydrogen) atoms. The molecule has 82 valence electrons. The number of aromatic nitrogens is 1. The van der Waals surface area contributed by atoms with Gasteiger partial charge in [-0.2, -0.15) is 0 Å². The molecule has 0 atom stereocenters. The Kier molecular flexibility index (Phi) is 2.98.